The molecular formula is C31H30N2O. The number of allylic oxidation sites excluding steroid dienone is 6. The number of hydrogen-bond donors (Lipinski definition) is 0. The first-order chi connectivity index (χ1) is 16.7. The molecule has 2 heterocycles. The van der Waals surface area contributed by atoms with E-state index >= 15 is 0 Å². The van der Waals surface area contributed by atoms with Crippen LogP contribution in [0.15, 0.2) is 128 Å². The molecule has 0 fully saturated rings. The lowest BCUT2D eigenvalue weighted by Gasteiger charge is -2.28. The van der Waals surface area contributed by atoms with Gasteiger partial charge in [-0.3, -0.25) is 9.78 Å². The van der Waals surface area contributed by atoms with Crippen molar-refractivity contribution in [2.45, 2.75) is 25.3 Å². The standard InChI is InChI=1S/C17H16N2.C14H14O/c1-2-4-15(5-3-1)14-19-12-8-17(9-13-19)16-6-10-18-11-7-16;1-12(15)14(10-6-3-7-11-14)13-8-4-2-5-9-13/h1-12H,13-14H2;2-10H,11H2,1H3. The molecule has 0 saturated carbocycles. The molecule has 0 N–H and O–H groups in total. The Morgan fingerprint density at radius 2 is 1.65 bits per heavy atom. The Morgan fingerprint density at radius 1 is 0.941 bits per heavy atom. The molecule has 1 aliphatic carbocycles. The molecule has 0 amide bonds. The second-order valence-corrected chi connectivity index (χ2v) is 8.51. The Balaban J connectivity index is 0.000000166. The largest absolute Gasteiger partial charge is 0.369 e. The van der Waals surface area contributed by atoms with Gasteiger partial charge in [-0.15, -0.1) is 0 Å². The van der Waals surface area contributed by atoms with Crippen LogP contribution in [-0.2, 0) is 16.8 Å². The van der Waals surface area contributed by atoms with Gasteiger partial charge in [0.05, 0.1) is 5.41 Å². The van der Waals surface area contributed by atoms with Crippen LogP contribution in [0.5, 0.6) is 0 Å². The molecule has 3 nitrogen and oxygen atoms in total. The Hall–Kier alpha value is -3.98. The second-order valence-electron chi connectivity index (χ2n) is 8.51. The van der Waals surface area contributed by atoms with E-state index in [1.807, 2.05) is 73.1 Å². The number of aromatic nitrogens is 1. The van der Waals surface area contributed by atoms with Gasteiger partial charge in [-0.2, -0.15) is 0 Å². The van der Waals surface area contributed by atoms with Crippen LogP contribution in [0.2, 0.25) is 0 Å². The van der Waals surface area contributed by atoms with Crippen LogP contribution in [-0.4, -0.2) is 22.2 Å². The molecule has 0 saturated heterocycles. The third-order valence-corrected chi connectivity index (χ3v) is 6.24. The minimum absolute atomic E-state index is 0.203. The third kappa shape index (κ3) is 5.68. The zero-order valence-electron chi connectivity index (χ0n) is 19.5. The van der Waals surface area contributed by atoms with Crippen LogP contribution in [0.3, 0.4) is 0 Å². The first kappa shape index (κ1) is 23.2. The topological polar surface area (TPSA) is 33.2 Å². The van der Waals surface area contributed by atoms with Crippen molar-refractivity contribution >= 4 is 11.4 Å². The van der Waals surface area contributed by atoms with Crippen molar-refractivity contribution in [2.24, 2.45) is 0 Å². The maximum Gasteiger partial charge on any atom is 0.144 e. The highest BCUT2D eigenvalue weighted by Crippen LogP contribution is 2.33. The van der Waals surface area contributed by atoms with Gasteiger partial charge in [-0.25, -0.2) is 0 Å². The number of rotatable bonds is 5. The molecule has 170 valence electrons. The zero-order chi connectivity index (χ0) is 23.6. The molecule has 1 aromatic heterocycles. The van der Waals surface area contributed by atoms with Gasteiger partial charge >= 0.3 is 0 Å². The molecular weight excluding hydrogens is 416 g/mol. The summed E-state index contributed by atoms with van der Waals surface area (Å²) in [7, 11) is 0. The maximum absolute atomic E-state index is 11.8. The van der Waals surface area contributed by atoms with E-state index in [-0.39, 0.29) is 5.78 Å². The molecule has 2 aromatic carbocycles. The van der Waals surface area contributed by atoms with Crippen molar-refractivity contribution in [3.63, 3.8) is 0 Å². The summed E-state index contributed by atoms with van der Waals surface area (Å²) in [5.74, 6) is 0.203. The SMILES string of the molecule is C1=CN(Cc2ccccc2)CC=C1c1ccncc1.CC(=O)C1(c2ccccc2)C=CC=CC1. The van der Waals surface area contributed by atoms with E-state index in [1.54, 1.807) is 6.92 Å². The molecule has 1 atom stereocenters. The highest BCUT2D eigenvalue weighted by molar-refractivity contribution is 5.91. The van der Waals surface area contributed by atoms with Gasteiger partial charge in [0.1, 0.15) is 5.78 Å². The van der Waals surface area contributed by atoms with Gasteiger partial charge in [0.25, 0.3) is 0 Å². The average molecular weight is 447 g/mol. The van der Waals surface area contributed by atoms with E-state index in [1.165, 1.54) is 16.7 Å². The molecule has 0 bridgehead atoms. The number of carbonyl (C=O) groups excluding carboxylic acids is 1. The van der Waals surface area contributed by atoms with Crippen molar-refractivity contribution in [2.75, 3.05) is 6.54 Å². The molecule has 34 heavy (non-hydrogen) atoms. The maximum atomic E-state index is 11.8. The first-order valence-electron chi connectivity index (χ1n) is 11.6. The molecule has 5 rings (SSSR count). The molecule has 0 radical (unpaired) electrons. The fourth-order valence-corrected chi connectivity index (χ4v) is 4.26. The predicted octanol–water partition coefficient (Wildman–Crippen LogP) is 6.52. The number of Topliss-reactive ketones (excluding diaryl/α,β-unsaturated/α-hetero) is 1. The summed E-state index contributed by atoms with van der Waals surface area (Å²) in [6, 6.07) is 24.6. The Kier molecular flexibility index (Phi) is 7.67. The van der Waals surface area contributed by atoms with Gasteiger partial charge in [0.2, 0.25) is 0 Å². The summed E-state index contributed by atoms with van der Waals surface area (Å²) in [4.78, 5) is 18.2. The summed E-state index contributed by atoms with van der Waals surface area (Å²) < 4.78 is 0. The predicted molar refractivity (Wildman–Crippen MR) is 140 cm³/mol. The van der Waals surface area contributed by atoms with Crippen molar-refractivity contribution in [3.8, 4) is 0 Å². The highest BCUT2D eigenvalue weighted by Gasteiger charge is 2.34. The van der Waals surface area contributed by atoms with E-state index < -0.39 is 5.41 Å². The van der Waals surface area contributed by atoms with E-state index in [4.69, 9.17) is 0 Å². The number of nitrogens with zero attached hydrogens (tertiary/aromatic N) is 2. The summed E-state index contributed by atoms with van der Waals surface area (Å²) in [6.07, 6.45) is 19.0. The number of benzene rings is 2. The van der Waals surface area contributed by atoms with E-state index in [9.17, 15) is 4.79 Å². The smallest absolute Gasteiger partial charge is 0.144 e. The number of pyridine rings is 1. The third-order valence-electron chi connectivity index (χ3n) is 6.24. The summed E-state index contributed by atoms with van der Waals surface area (Å²) in [6.45, 7) is 3.57. The van der Waals surface area contributed by atoms with Crippen LogP contribution in [0.25, 0.3) is 5.57 Å². The van der Waals surface area contributed by atoms with Crippen LogP contribution in [0.1, 0.15) is 30.0 Å². The molecule has 2 aliphatic rings. The zero-order valence-corrected chi connectivity index (χ0v) is 19.5. The lowest BCUT2D eigenvalue weighted by molar-refractivity contribution is -0.120. The number of carbonyl (C=O) groups is 1. The van der Waals surface area contributed by atoms with Gasteiger partial charge < -0.3 is 4.90 Å². The summed E-state index contributed by atoms with van der Waals surface area (Å²) in [5.41, 5.74) is 4.49. The van der Waals surface area contributed by atoms with E-state index in [0.29, 0.717) is 0 Å². The Morgan fingerprint density at radius 3 is 2.24 bits per heavy atom. The quantitative estimate of drug-likeness (QED) is 0.447. The van der Waals surface area contributed by atoms with Gasteiger partial charge in [0, 0.05) is 31.7 Å². The number of ketones is 1. The first-order valence-corrected chi connectivity index (χ1v) is 11.6. The highest BCUT2D eigenvalue weighted by atomic mass is 16.1. The number of hydrogen-bond acceptors (Lipinski definition) is 3. The van der Waals surface area contributed by atoms with Crippen molar-refractivity contribution in [3.05, 3.63) is 145 Å². The molecule has 3 heteroatoms. The van der Waals surface area contributed by atoms with Crippen LogP contribution in [0.4, 0.5) is 0 Å². The van der Waals surface area contributed by atoms with Gasteiger partial charge in [-0.1, -0.05) is 91.0 Å². The normalized spacial score (nSPS) is 18.6. The van der Waals surface area contributed by atoms with Crippen molar-refractivity contribution < 1.29 is 4.79 Å². The molecule has 0 spiro atoms. The molecule has 1 unspecified atom stereocenters. The Labute approximate surface area is 202 Å². The lowest BCUT2D eigenvalue weighted by Crippen LogP contribution is -2.32. The van der Waals surface area contributed by atoms with E-state index in [2.05, 4.69) is 64.6 Å². The van der Waals surface area contributed by atoms with Crippen LogP contribution >= 0.6 is 0 Å². The second kappa shape index (κ2) is 11.2. The monoisotopic (exact) mass is 446 g/mol. The minimum Gasteiger partial charge on any atom is -0.369 e. The fraction of sp³-hybridized carbons (Fsp3) is 0.161. The average Bonchev–Trinajstić information content (AvgIpc) is 2.91. The lowest BCUT2D eigenvalue weighted by atomic mass is 9.73. The molecule has 3 aromatic rings. The van der Waals surface area contributed by atoms with Crippen molar-refractivity contribution in [1.29, 1.82) is 0 Å². The summed E-state index contributed by atoms with van der Waals surface area (Å²) >= 11 is 0. The van der Waals surface area contributed by atoms with Gasteiger partial charge in [0.15, 0.2) is 0 Å². The molecule has 1 aliphatic heterocycles. The Bertz CT molecular complexity index is 1190. The fourth-order valence-electron chi connectivity index (χ4n) is 4.26. The van der Waals surface area contributed by atoms with Crippen molar-refractivity contribution in [1.82, 2.24) is 9.88 Å². The summed E-state index contributed by atoms with van der Waals surface area (Å²) in [5, 5.41) is 0. The van der Waals surface area contributed by atoms with Crippen LogP contribution in [0, 0.1) is 0 Å². The van der Waals surface area contributed by atoms with Gasteiger partial charge in [-0.05, 0) is 53.8 Å². The minimum atomic E-state index is -0.435. The van der Waals surface area contributed by atoms with Crippen LogP contribution < -0.4 is 0 Å². The van der Waals surface area contributed by atoms with E-state index in [0.717, 1.165) is 25.1 Å².